The third-order valence-electron chi connectivity index (χ3n) is 3.54. The summed E-state index contributed by atoms with van der Waals surface area (Å²) in [5.74, 6) is -0.563. The topological polar surface area (TPSA) is 110 Å². The summed E-state index contributed by atoms with van der Waals surface area (Å²) >= 11 is 2.52. The van der Waals surface area contributed by atoms with Crippen molar-refractivity contribution in [3.8, 4) is 0 Å². The number of aromatic nitrogens is 4. The number of hydrogen-bond acceptors (Lipinski definition) is 8. The molecular formula is C17H12N6O2S2. The minimum Gasteiger partial charge on any atom is -0.311 e. The maximum Gasteiger partial charge on any atom is 0.285 e. The van der Waals surface area contributed by atoms with E-state index < -0.39 is 5.91 Å². The Labute approximate surface area is 161 Å². The number of thiophene rings is 1. The summed E-state index contributed by atoms with van der Waals surface area (Å²) in [7, 11) is 0. The van der Waals surface area contributed by atoms with Gasteiger partial charge in [0, 0.05) is 18.1 Å². The second-order valence-electron chi connectivity index (χ2n) is 5.46. The molecule has 0 aliphatic carbocycles. The molecule has 10 heteroatoms. The van der Waals surface area contributed by atoms with Gasteiger partial charge in [0.05, 0.1) is 16.5 Å². The molecule has 0 saturated heterocycles. The lowest BCUT2D eigenvalue weighted by Crippen LogP contribution is -2.17. The number of hydrogen-bond donors (Lipinski definition) is 2. The van der Waals surface area contributed by atoms with E-state index in [1.54, 1.807) is 49.1 Å². The van der Waals surface area contributed by atoms with E-state index in [1.807, 2.05) is 0 Å². The molecule has 8 nitrogen and oxygen atoms in total. The van der Waals surface area contributed by atoms with E-state index >= 15 is 0 Å². The molecule has 4 aromatic heterocycles. The number of amides is 2. The second-order valence-corrected chi connectivity index (χ2v) is 7.40. The summed E-state index contributed by atoms with van der Waals surface area (Å²) in [5, 5.41) is 7.85. The smallest absolute Gasteiger partial charge is 0.285 e. The lowest BCUT2D eigenvalue weighted by molar-refractivity contribution is 0.102. The third kappa shape index (κ3) is 3.66. The van der Waals surface area contributed by atoms with E-state index in [0.717, 1.165) is 10.4 Å². The molecule has 0 aliphatic rings. The van der Waals surface area contributed by atoms with Crippen molar-refractivity contribution in [3.05, 3.63) is 58.4 Å². The standard InChI is InChI=1S/C17H12N6O2S2/c1-9-2-6-19-17(20-9)23-13(24)10-4-7-26-15(10)22-14(25)16-21-11-8-18-5-3-12(11)27-16/h2-8H,1H3,(H,22,25)(H,19,20,23,24). The molecule has 4 heterocycles. The van der Waals surface area contributed by atoms with Crippen molar-refractivity contribution in [2.24, 2.45) is 0 Å². The predicted octanol–water partition coefficient (Wildman–Crippen LogP) is 3.36. The molecule has 0 fully saturated rings. The maximum atomic E-state index is 12.5. The zero-order valence-electron chi connectivity index (χ0n) is 14.0. The molecule has 2 N–H and O–H groups in total. The number of nitrogens with one attached hydrogen (secondary N) is 2. The lowest BCUT2D eigenvalue weighted by atomic mass is 10.3. The molecule has 0 bridgehead atoms. The molecule has 0 aromatic carbocycles. The van der Waals surface area contributed by atoms with Crippen LogP contribution >= 0.6 is 22.7 Å². The van der Waals surface area contributed by atoms with Gasteiger partial charge < -0.3 is 5.32 Å². The van der Waals surface area contributed by atoms with Crippen molar-refractivity contribution in [2.75, 3.05) is 10.6 Å². The van der Waals surface area contributed by atoms with Gasteiger partial charge in [0.2, 0.25) is 5.95 Å². The number of nitrogens with zero attached hydrogens (tertiary/aromatic N) is 4. The van der Waals surface area contributed by atoms with E-state index in [0.29, 0.717) is 21.1 Å². The van der Waals surface area contributed by atoms with Crippen LogP contribution in [-0.2, 0) is 0 Å². The van der Waals surface area contributed by atoms with E-state index in [2.05, 4.69) is 30.6 Å². The minimum absolute atomic E-state index is 0.210. The summed E-state index contributed by atoms with van der Waals surface area (Å²) in [6.45, 7) is 1.81. The van der Waals surface area contributed by atoms with E-state index in [1.165, 1.54) is 22.7 Å². The highest BCUT2D eigenvalue weighted by Gasteiger charge is 2.19. The fourth-order valence-electron chi connectivity index (χ4n) is 2.30. The zero-order chi connectivity index (χ0) is 18.8. The van der Waals surface area contributed by atoms with Gasteiger partial charge in [-0.05, 0) is 30.5 Å². The van der Waals surface area contributed by atoms with Crippen LogP contribution in [0.15, 0.2) is 42.2 Å². The molecule has 0 atom stereocenters. The van der Waals surface area contributed by atoms with Gasteiger partial charge in [-0.1, -0.05) is 0 Å². The molecule has 134 valence electrons. The molecule has 0 radical (unpaired) electrons. The summed E-state index contributed by atoms with van der Waals surface area (Å²) in [6, 6.07) is 5.17. The van der Waals surface area contributed by atoms with Crippen molar-refractivity contribution in [3.63, 3.8) is 0 Å². The fourth-order valence-corrected chi connectivity index (χ4v) is 3.90. The van der Waals surface area contributed by atoms with Crippen molar-refractivity contribution in [1.29, 1.82) is 0 Å². The first-order valence-electron chi connectivity index (χ1n) is 7.80. The van der Waals surface area contributed by atoms with Crippen LogP contribution in [0.5, 0.6) is 0 Å². The number of carbonyl (C=O) groups excluding carboxylic acids is 2. The van der Waals surface area contributed by atoms with Gasteiger partial charge in [0.25, 0.3) is 11.8 Å². The molecule has 0 unspecified atom stereocenters. The van der Waals surface area contributed by atoms with Crippen LogP contribution in [0.4, 0.5) is 10.9 Å². The highest BCUT2D eigenvalue weighted by molar-refractivity contribution is 7.20. The molecule has 0 aliphatic heterocycles. The Hall–Kier alpha value is -3.24. The first kappa shape index (κ1) is 17.2. The number of carbonyl (C=O) groups is 2. The van der Waals surface area contributed by atoms with Crippen molar-refractivity contribution in [2.45, 2.75) is 6.92 Å². The Kier molecular flexibility index (Phi) is 4.57. The summed E-state index contributed by atoms with van der Waals surface area (Å²) in [6.07, 6.45) is 4.82. The van der Waals surface area contributed by atoms with Crippen LogP contribution in [0.2, 0.25) is 0 Å². The minimum atomic E-state index is -0.398. The SMILES string of the molecule is Cc1ccnc(NC(=O)c2ccsc2NC(=O)c2nc3cnccc3s2)n1. The number of aryl methyl sites for hydroxylation is 1. The first-order valence-corrected chi connectivity index (χ1v) is 9.50. The Bertz CT molecular complexity index is 1120. The quantitative estimate of drug-likeness (QED) is 0.547. The van der Waals surface area contributed by atoms with E-state index in [-0.39, 0.29) is 11.9 Å². The average Bonchev–Trinajstić information content (AvgIpc) is 3.28. The number of rotatable bonds is 4. The van der Waals surface area contributed by atoms with Gasteiger partial charge in [-0.3, -0.25) is 19.9 Å². The second kappa shape index (κ2) is 7.17. The van der Waals surface area contributed by atoms with Crippen LogP contribution < -0.4 is 10.6 Å². The number of fused-ring (bicyclic) bond motifs is 1. The van der Waals surface area contributed by atoms with Gasteiger partial charge in [-0.25, -0.2) is 15.0 Å². The largest absolute Gasteiger partial charge is 0.311 e. The van der Waals surface area contributed by atoms with Gasteiger partial charge in [-0.15, -0.1) is 22.7 Å². The Morgan fingerprint density at radius 2 is 1.93 bits per heavy atom. The van der Waals surface area contributed by atoms with Crippen LogP contribution in [0.3, 0.4) is 0 Å². The number of pyridine rings is 1. The van der Waals surface area contributed by atoms with E-state index in [4.69, 9.17) is 0 Å². The molecule has 4 rings (SSSR count). The molecule has 2 amide bonds. The number of anilines is 2. The van der Waals surface area contributed by atoms with Crippen LogP contribution in [0.25, 0.3) is 10.2 Å². The van der Waals surface area contributed by atoms with Crippen LogP contribution in [0, 0.1) is 6.92 Å². The summed E-state index contributed by atoms with van der Waals surface area (Å²) < 4.78 is 0.871. The van der Waals surface area contributed by atoms with Crippen LogP contribution in [0.1, 0.15) is 25.9 Å². The highest BCUT2D eigenvalue weighted by Crippen LogP contribution is 2.26. The van der Waals surface area contributed by atoms with Gasteiger partial charge in [-0.2, -0.15) is 0 Å². The van der Waals surface area contributed by atoms with Crippen LogP contribution in [-0.4, -0.2) is 31.8 Å². The number of thiazole rings is 1. The summed E-state index contributed by atoms with van der Waals surface area (Å²) in [4.78, 5) is 41.5. The maximum absolute atomic E-state index is 12.5. The van der Waals surface area contributed by atoms with Gasteiger partial charge >= 0.3 is 0 Å². The molecule has 4 aromatic rings. The fraction of sp³-hybridized carbons (Fsp3) is 0.0588. The Morgan fingerprint density at radius 3 is 2.74 bits per heavy atom. The van der Waals surface area contributed by atoms with Gasteiger partial charge in [0.15, 0.2) is 5.01 Å². The normalized spacial score (nSPS) is 10.7. The Morgan fingerprint density at radius 1 is 1.04 bits per heavy atom. The van der Waals surface area contributed by atoms with Crippen molar-refractivity contribution < 1.29 is 9.59 Å². The Balaban J connectivity index is 1.52. The van der Waals surface area contributed by atoms with Crippen molar-refractivity contribution in [1.82, 2.24) is 19.9 Å². The van der Waals surface area contributed by atoms with E-state index in [9.17, 15) is 9.59 Å². The summed E-state index contributed by atoms with van der Waals surface area (Å²) in [5.41, 5.74) is 1.74. The monoisotopic (exact) mass is 396 g/mol. The first-order chi connectivity index (χ1) is 13.1. The third-order valence-corrected chi connectivity index (χ3v) is 5.41. The van der Waals surface area contributed by atoms with Crippen molar-refractivity contribution >= 4 is 55.7 Å². The molecule has 0 saturated carbocycles. The molecule has 0 spiro atoms. The zero-order valence-corrected chi connectivity index (χ0v) is 15.6. The molecule has 27 heavy (non-hydrogen) atoms. The predicted molar refractivity (Wildman–Crippen MR) is 104 cm³/mol. The lowest BCUT2D eigenvalue weighted by Gasteiger charge is -2.06. The average molecular weight is 396 g/mol. The molecular weight excluding hydrogens is 384 g/mol. The highest BCUT2D eigenvalue weighted by atomic mass is 32.1. The van der Waals surface area contributed by atoms with Gasteiger partial charge in [0.1, 0.15) is 10.5 Å².